The Balaban J connectivity index is 3.44. The van der Waals surface area contributed by atoms with Crippen LogP contribution in [0.5, 0.6) is 0 Å². The zero-order valence-corrected chi connectivity index (χ0v) is 18.7. The van der Waals surface area contributed by atoms with Crippen LogP contribution in [-0.2, 0) is 8.85 Å². The second-order valence-corrected chi connectivity index (χ2v) is 9.45. The lowest BCUT2D eigenvalue weighted by Gasteiger charge is -2.17. The largest absolute Gasteiger partial charge is 0.421 e. The molecular weight excluding hydrogens is 304 g/mol. The van der Waals surface area contributed by atoms with Crippen molar-refractivity contribution in [3.05, 3.63) is 0 Å². The van der Waals surface area contributed by atoms with Gasteiger partial charge in [0.1, 0.15) is 0 Å². The SMILES string of the molecule is CCCC(CCC)O[SiH2]CCCC[SiH2]OC(CCC)CCC. The average Bonchev–Trinajstić information content (AvgIpc) is 2.50. The summed E-state index contributed by atoms with van der Waals surface area (Å²) < 4.78 is 12.3. The van der Waals surface area contributed by atoms with Gasteiger partial charge < -0.3 is 8.85 Å². The molecule has 2 nitrogen and oxygen atoms in total. The zero-order valence-electron chi connectivity index (χ0n) is 15.9. The molecule has 0 aliphatic heterocycles. The first-order valence-electron chi connectivity index (χ1n) is 10.0. The fourth-order valence-corrected chi connectivity index (χ4v) is 5.75. The van der Waals surface area contributed by atoms with Gasteiger partial charge in [0, 0.05) is 12.2 Å². The van der Waals surface area contributed by atoms with Gasteiger partial charge in [0.05, 0.1) is 0 Å². The summed E-state index contributed by atoms with van der Waals surface area (Å²) in [5.74, 6) is 0. The zero-order chi connectivity index (χ0) is 16.5. The molecule has 0 N–H and O–H groups in total. The summed E-state index contributed by atoms with van der Waals surface area (Å²) >= 11 is 0. The maximum absolute atomic E-state index is 6.15. The van der Waals surface area contributed by atoms with Gasteiger partial charge in [0.15, 0.2) is 19.5 Å². The van der Waals surface area contributed by atoms with Crippen molar-refractivity contribution in [1.82, 2.24) is 0 Å². The molecule has 4 heteroatoms. The smallest absolute Gasteiger partial charge is 0.161 e. The van der Waals surface area contributed by atoms with Crippen LogP contribution in [0.1, 0.15) is 91.9 Å². The van der Waals surface area contributed by atoms with Crippen molar-refractivity contribution in [2.24, 2.45) is 0 Å². The van der Waals surface area contributed by atoms with E-state index in [9.17, 15) is 0 Å². The van der Waals surface area contributed by atoms with Gasteiger partial charge in [0.25, 0.3) is 0 Å². The molecule has 0 radical (unpaired) electrons. The molecule has 0 aromatic rings. The number of hydrogen-bond acceptors (Lipinski definition) is 2. The highest BCUT2D eigenvalue weighted by Gasteiger charge is 2.07. The molecular formula is C18H42O2Si2. The molecule has 0 aromatic carbocycles. The van der Waals surface area contributed by atoms with Crippen LogP contribution >= 0.6 is 0 Å². The highest BCUT2D eigenvalue weighted by molar-refractivity contribution is 6.27. The molecule has 0 aliphatic carbocycles. The maximum Gasteiger partial charge on any atom is 0.161 e. The Bertz CT molecular complexity index is 181. The fourth-order valence-electron chi connectivity index (χ4n) is 2.97. The van der Waals surface area contributed by atoms with Gasteiger partial charge in [0.2, 0.25) is 0 Å². The van der Waals surface area contributed by atoms with Crippen molar-refractivity contribution in [1.29, 1.82) is 0 Å². The molecule has 0 rings (SSSR count). The lowest BCUT2D eigenvalue weighted by atomic mass is 10.1. The predicted molar refractivity (Wildman–Crippen MR) is 105 cm³/mol. The number of rotatable bonds is 17. The Morgan fingerprint density at radius 1 is 0.591 bits per heavy atom. The molecule has 0 aliphatic rings. The first-order chi connectivity index (χ1) is 10.8. The number of unbranched alkanes of at least 4 members (excludes halogenated alkanes) is 1. The van der Waals surface area contributed by atoms with E-state index in [1.54, 1.807) is 0 Å². The summed E-state index contributed by atoms with van der Waals surface area (Å²) in [5, 5.41) is 0. The van der Waals surface area contributed by atoms with Crippen LogP contribution in [0, 0.1) is 0 Å². The second kappa shape index (κ2) is 17.7. The first kappa shape index (κ1) is 22.4. The van der Waals surface area contributed by atoms with Crippen LogP contribution in [0.25, 0.3) is 0 Å². The summed E-state index contributed by atoms with van der Waals surface area (Å²) in [7, 11) is -0.537. The summed E-state index contributed by atoms with van der Waals surface area (Å²) in [6, 6.07) is 2.73. The lowest BCUT2D eigenvalue weighted by molar-refractivity contribution is 0.185. The molecule has 22 heavy (non-hydrogen) atoms. The number of hydrogen-bond donors (Lipinski definition) is 0. The minimum atomic E-state index is -0.268. The summed E-state index contributed by atoms with van der Waals surface area (Å²) in [6.07, 6.45) is 14.0. The van der Waals surface area contributed by atoms with E-state index < -0.39 is 0 Å². The average molecular weight is 347 g/mol. The van der Waals surface area contributed by atoms with Crippen LogP contribution in [0.3, 0.4) is 0 Å². The highest BCUT2D eigenvalue weighted by Crippen LogP contribution is 2.12. The molecule has 0 amide bonds. The van der Waals surface area contributed by atoms with Gasteiger partial charge in [-0.1, -0.05) is 66.2 Å². The predicted octanol–water partition coefficient (Wildman–Crippen LogP) is 4.74. The van der Waals surface area contributed by atoms with Crippen molar-refractivity contribution in [2.75, 3.05) is 0 Å². The first-order valence-corrected chi connectivity index (χ1v) is 13.2. The molecule has 0 spiro atoms. The molecule has 0 bridgehead atoms. The van der Waals surface area contributed by atoms with E-state index in [0.29, 0.717) is 12.2 Å². The second-order valence-electron chi connectivity index (χ2n) is 6.55. The minimum absolute atomic E-state index is 0.268. The topological polar surface area (TPSA) is 18.5 Å². The van der Waals surface area contributed by atoms with E-state index in [4.69, 9.17) is 8.85 Å². The van der Waals surface area contributed by atoms with Gasteiger partial charge in [-0.05, 0) is 37.8 Å². The van der Waals surface area contributed by atoms with Crippen LogP contribution in [0.2, 0.25) is 12.1 Å². The van der Waals surface area contributed by atoms with Gasteiger partial charge in [-0.2, -0.15) is 0 Å². The van der Waals surface area contributed by atoms with E-state index in [-0.39, 0.29) is 19.5 Å². The van der Waals surface area contributed by atoms with Gasteiger partial charge in [-0.3, -0.25) is 0 Å². The van der Waals surface area contributed by atoms with E-state index in [1.807, 2.05) is 0 Å². The molecule has 0 aromatic heterocycles. The summed E-state index contributed by atoms with van der Waals surface area (Å²) in [4.78, 5) is 0. The molecule has 0 saturated carbocycles. The van der Waals surface area contributed by atoms with Gasteiger partial charge in [-0.25, -0.2) is 0 Å². The van der Waals surface area contributed by atoms with E-state index in [1.165, 1.54) is 76.3 Å². The molecule has 134 valence electrons. The third-order valence-electron chi connectivity index (χ3n) is 4.19. The van der Waals surface area contributed by atoms with Crippen molar-refractivity contribution in [3.8, 4) is 0 Å². The third kappa shape index (κ3) is 14.0. The van der Waals surface area contributed by atoms with Gasteiger partial charge >= 0.3 is 0 Å². The molecule has 0 heterocycles. The molecule has 0 fully saturated rings. The van der Waals surface area contributed by atoms with E-state index in [0.717, 1.165) is 0 Å². The fraction of sp³-hybridized carbons (Fsp3) is 1.00. The van der Waals surface area contributed by atoms with Gasteiger partial charge in [-0.15, -0.1) is 0 Å². The molecule has 0 atom stereocenters. The highest BCUT2D eigenvalue weighted by atomic mass is 28.2. The Labute approximate surface area is 145 Å². The molecule has 0 saturated heterocycles. The van der Waals surface area contributed by atoms with Crippen molar-refractivity contribution < 1.29 is 8.85 Å². The maximum atomic E-state index is 6.15. The van der Waals surface area contributed by atoms with Crippen molar-refractivity contribution >= 4 is 19.5 Å². The summed E-state index contributed by atoms with van der Waals surface area (Å²) in [5.41, 5.74) is 0. The minimum Gasteiger partial charge on any atom is -0.421 e. The normalized spacial score (nSPS) is 12.8. The van der Waals surface area contributed by atoms with Crippen molar-refractivity contribution in [3.63, 3.8) is 0 Å². The van der Waals surface area contributed by atoms with E-state index in [2.05, 4.69) is 27.7 Å². The monoisotopic (exact) mass is 346 g/mol. The Hall–Kier alpha value is 0.354. The van der Waals surface area contributed by atoms with Crippen LogP contribution < -0.4 is 0 Å². The summed E-state index contributed by atoms with van der Waals surface area (Å²) in [6.45, 7) is 9.07. The Kier molecular flexibility index (Phi) is 18.0. The quantitative estimate of drug-likeness (QED) is 0.280. The van der Waals surface area contributed by atoms with E-state index >= 15 is 0 Å². The standard InChI is InChI=1S/C18H42O2Si2/c1-5-11-17(12-6-2)19-21-15-9-10-16-22-20-18(13-7-3)14-8-4/h17-18H,5-16,21-22H2,1-4H3. The van der Waals surface area contributed by atoms with Crippen LogP contribution in [-0.4, -0.2) is 31.7 Å². The Morgan fingerprint density at radius 3 is 1.18 bits per heavy atom. The van der Waals surface area contributed by atoms with Crippen LogP contribution in [0.4, 0.5) is 0 Å². The third-order valence-corrected chi connectivity index (χ3v) is 7.18. The van der Waals surface area contributed by atoms with Crippen LogP contribution in [0.15, 0.2) is 0 Å². The molecule has 0 unspecified atom stereocenters. The lowest BCUT2D eigenvalue weighted by Crippen LogP contribution is -2.16. The Morgan fingerprint density at radius 2 is 0.909 bits per heavy atom. The van der Waals surface area contributed by atoms with Crippen molar-refractivity contribution in [2.45, 2.75) is 116 Å².